The van der Waals surface area contributed by atoms with Gasteiger partial charge in [-0.1, -0.05) is 30.3 Å². The van der Waals surface area contributed by atoms with Crippen molar-refractivity contribution < 1.29 is 14.2 Å². The van der Waals surface area contributed by atoms with Crippen LogP contribution >= 0.6 is 0 Å². The zero-order chi connectivity index (χ0) is 16.7. The van der Waals surface area contributed by atoms with Crippen LogP contribution in [0.5, 0.6) is 17.2 Å². The first-order chi connectivity index (χ1) is 11.2. The van der Waals surface area contributed by atoms with Gasteiger partial charge in [0.25, 0.3) is 0 Å². The van der Waals surface area contributed by atoms with Crippen LogP contribution in [0.15, 0.2) is 42.5 Å². The molecule has 0 aliphatic heterocycles. The second kappa shape index (κ2) is 8.44. The summed E-state index contributed by atoms with van der Waals surface area (Å²) in [4.78, 5) is 0. The summed E-state index contributed by atoms with van der Waals surface area (Å²) < 4.78 is 16.7. The average Bonchev–Trinajstić information content (AvgIpc) is 2.60. The number of benzene rings is 2. The van der Waals surface area contributed by atoms with Crippen LogP contribution in [0.2, 0.25) is 0 Å². The van der Waals surface area contributed by atoms with E-state index < -0.39 is 0 Å². The summed E-state index contributed by atoms with van der Waals surface area (Å²) in [5.41, 5.74) is 8.25. The molecule has 2 aromatic rings. The maximum Gasteiger partial charge on any atom is 0.164 e. The molecule has 0 saturated heterocycles. The summed E-state index contributed by atoms with van der Waals surface area (Å²) in [5.74, 6) is 2.56. The molecular weight excluding hydrogens is 290 g/mol. The fourth-order valence-corrected chi connectivity index (χ4v) is 2.78. The van der Waals surface area contributed by atoms with Crippen molar-refractivity contribution in [3.63, 3.8) is 0 Å². The quantitative estimate of drug-likeness (QED) is 0.811. The highest BCUT2D eigenvalue weighted by Gasteiger charge is 2.19. The lowest BCUT2D eigenvalue weighted by Gasteiger charge is -2.21. The standard InChI is InChI=1S/C19H25NO3/c1-4-23-19-14(8-7-11-18(19)22-3)12-15(13-20)16-9-5-6-10-17(16)21-2/h5-11,15H,4,12-13,20H2,1-3H3. The smallest absolute Gasteiger partial charge is 0.164 e. The van der Waals surface area contributed by atoms with Gasteiger partial charge in [0.15, 0.2) is 11.5 Å². The Morgan fingerprint density at radius 2 is 1.65 bits per heavy atom. The van der Waals surface area contributed by atoms with Crippen molar-refractivity contribution in [1.82, 2.24) is 0 Å². The Labute approximate surface area is 138 Å². The van der Waals surface area contributed by atoms with Gasteiger partial charge in [-0.2, -0.15) is 0 Å². The molecule has 0 spiro atoms. The molecule has 0 amide bonds. The molecule has 4 nitrogen and oxygen atoms in total. The first kappa shape index (κ1) is 17.2. The van der Waals surface area contributed by atoms with Gasteiger partial charge >= 0.3 is 0 Å². The summed E-state index contributed by atoms with van der Waals surface area (Å²) in [6.07, 6.45) is 0.767. The van der Waals surface area contributed by atoms with Crippen LogP contribution in [0.1, 0.15) is 24.0 Å². The van der Waals surface area contributed by atoms with Crippen LogP contribution in [-0.4, -0.2) is 27.4 Å². The molecule has 2 rings (SSSR count). The molecule has 0 aliphatic rings. The third-order valence-corrected chi connectivity index (χ3v) is 3.90. The summed E-state index contributed by atoms with van der Waals surface area (Å²) in [5, 5.41) is 0. The van der Waals surface area contributed by atoms with Crippen LogP contribution in [0.4, 0.5) is 0 Å². The summed E-state index contributed by atoms with van der Waals surface area (Å²) in [6.45, 7) is 3.09. The van der Waals surface area contributed by atoms with Crippen molar-refractivity contribution in [2.24, 2.45) is 5.73 Å². The van der Waals surface area contributed by atoms with Crippen LogP contribution in [0, 0.1) is 0 Å². The number of para-hydroxylation sites is 2. The van der Waals surface area contributed by atoms with Crippen LogP contribution in [0.25, 0.3) is 0 Å². The zero-order valence-corrected chi connectivity index (χ0v) is 14.0. The molecule has 0 bridgehead atoms. The number of ether oxygens (including phenoxy) is 3. The highest BCUT2D eigenvalue weighted by molar-refractivity contribution is 5.48. The molecule has 1 unspecified atom stereocenters. The van der Waals surface area contributed by atoms with E-state index in [0.29, 0.717) is 13.2 Å². The number of methoxy groups -OCH3 is 2. The maximum atomic E-state index is 6.04. The Morgan fingerprint density at radius 3 is 2.30 bits per heavy atom. The molecule has 4 heteroatoms. The SMILES string of the molecule is CCOc1c(CC(CN)c2ccccc2OC)cccc1OC. The van der Waals surface area contributed by atoms with Crippen LogP contribution in [-0.2, 0) is 6.42 Å². The Balaban J connectivity index is 2.35. The number of nitrogens with two attached hydrogens (primary N) is 1. The topological polar surface area (TPSA) is 53.7 Å². The van der Waals surface area contributed by atoms with Crippen molar-refractivity contribution in [3.8, 4) is 17.2 Å². The normalized spacial score (nSPS) is 11.8. The molecule has 0 aliphatic carbocycles. The largest absolute Gasteiger partial charge is 0.496 e. The Hall–Kier alpha value is -2.20. The van der Waals surface area contributed by atoms with Gasteiger partial charge in [0.1, 0.15) is 5.75 Å². The van der Waals surface area contributed by atoms with Gasteiger partial charge in [-0.15, -0.1) is 0 Å². The first-order valence-corrected chi connectivity index (χ1v) is 7.86. The fraction of sp³-hybridized carbons (Fsp3) is 0.368. The van der Waals surface area contributed by atoms with E-state index in [1.165, 1.54) is 0 Å². The molecule has 2 aromatic carbocycles. The predicted octanol–water partition coefficient (Wildman–Crippen LogP) is 3.39. The van der Waals surface area contributed by atoms with E-state index in [4.69, 9.17) is 19.9 Å². The van der Waals surface area contributed by atoms with Crippen molar-refractivity contribution in [1.29, 1.82) is 0 Å². The van der Waals surface area contributed by atoms with E-state index in [1.54, 1.807) is 14.2 Å². The molecule has 124 valence electrons. The van der Waals surface area contributed by atoms with Gasteiger partial charge in [0.2, 0.25) is 0 Å². The molecule has 0 aromatic heterocycles. The van der Waals surface area contributed by atoms with Gasteiger partial charge in [0.05, 0.1) is 20.8 Å². The number of hydrogen-bond acceptors (Lipinski definition) is 4. The Morgan fingerprint density at radius 1 is 0.957 bits per heavy atom. The van der Waals surface area contributed by atoms with Crippen molar-refractivity contribution in [2.45, 2.75) is 19.3 Å². The van der Waals surface area contributed by atoms with E-state index in [0.717, 1.165) is 34.8 Å². The number of hydrogen-bond donors (Lipinski definition) is 1. The minimum absolute atomic E-state index is 0.150. The second-order valence-electron chi connectivity index (χ2n) is 5.26. The minimum atomic E-state index is 0.150. The average molecular weight is 315 g/mol. The van der Waals surface area contributed by atoms with E-state index >= 15 is 0 Å². The van der Waals surface area contributed by atoms with E-state index in [2.05, 4.69) is 12.1 Å². The van der Waals surface area contributed by atoms with Gasteiger partial charge < -0.3 is 19.9 Å². The maximum absolute atomic E-state index is 6.04. The molecule has 0 saturated carbocycles. The van der Waals surface area contributed by atoms with Crippen LogP contribution < -0.4 is 19.9 Å². The van der Waals surface area contributed by atoms with Gasteiger partial charge in [-0.3, -0.25) is 0 Å². The summed E-state index contributed by atoms with van der Waals surface area (Å²) >= 11 is 0. The summed E-state index contributed by atoms with van der Waals surface area (Å²) in [7, 11) is 3.34. The molecule has 0 radical (unpaired) electrons. The highest BCUT2D eigenvalue weighted by atomic mass is 16.5. The van der Waals surface area contributed by atoms with E-state index in [9.17, 15) is 0 Å². The minimum Gasteiger partial charge on any atom is -0.496 e. The number of rotatable bonds is 8. The monoisotopic (exact) mass is 315 g/mol. The fourth-order valence-electron chi connectivity index (χ4n) is 2.78. The van der Waals surface area contributed by atoms with Crippen molar-refractivity contribution >= 4 is 0 Å². The molecule has 2 N–H and O–H groups in total. The predicted molar refractivity (Wildman–Crippen MR) is 92.7 cm³/mol. The van der Waals surface area contributed by atoms with E-state index in [1.807, 2.05) is 37.3 Å². The lowest BCUT2D eigenvalue weighted by Crippen LogP contribution is -2.16. The summed E-state index contributed by atoms with van der Waals surface area (Å²) in [6, 6.07) is 14.0. The lowest BCUT2D eigenvalue weighted by molar-refractivity contribution is 0.307. The zero-order valence-electron chi connectivity index (χ0n) is 14.0. The van der Waals surface area contributed by atoms with Crippen LogP contribution in [0.3, 0.4) is 0 Å². The first-order valence-electron chi connectivity index (χ1n) is 7.86. The third-order valence-electron chi connectivity index (χ3n) is 3.90. The van der Waals surface area contributed by atoms with E-state index in [-0.39, 0.29) is 5.92 Å². The molecular formula is C19H25NO3. The highest BCUT2D eigenvalue weighted by Crippen LogP contribution is 2.36. The molecule has 0 fully saturated rings. The third kappa shape index (κ3) is 3.96. The second-order valence-corrected chi connectivity index (χ2v) is 5.26. The Bertz CT molecular complexity index is 628. The molecule has 0 heterocycles. The lowest BCUT2D eigenvalue weighted by atomic mass is 9.91. The van der Waals surface area contributed by atoms with Gasteiger partial charge in [0, 0.05) is 5.92 Å². The molecule has 23 heavy (non-hydrogen) atoms. The van der Waals surface area contributed by atoms with Crippen molar-refractivity contribution in [2.75, 3.05) is 27.4 Å². The van der Waals surface area contributed by atoms with Crippen molar-refractivity contribution in [3.05, 3.63) is 53.6 Å². The molecule has 1 atom stereocenters. The van der Waals surface area contributed by atoms with Gasteiger partial charge in [-0.25, -0.2) is 0 Å². The van der Waals surface area contributed by atoms with Gasteiger partial charge in [-0.05, 0) is 43.1 Å². The Kier molecular flexibility index (Phi) is 6.29.